The number of aryl methyl sites for hydroxylation is 2. The van der Waals surface area contributed by atoms with Crippen LogP contribution < -0.4 is 0 Å². The van der Waals surface area contributed by atoms with E-state index in [0.29, 0.717) is 0 Å². The molecule has 60 heavy (non-hydrogen) atoms. The van der Waals surface area contributed by atoms with E-state index in [0.717, 1.165) is 0 Å². The molecule has 0 aromatic carbocycles. The van der Waals surface area contributed by atoms with Crippen LogP contribution in [-0.2, 0) is 59.2 Å². The molecule has 3 aromatic rings. The molecule has 0 amide bonds. The van der Waals surface area contributed by atoms with Gasteiger partial charge in [-0.25, -0.2) is 9.97 Å². The van der Waals surface area contributed by atoms with Crippen LogP contribution in [-0.4, -0.2) is 114 Å². The molecule has 5 heterocycles. The Morgan fingerprint density at radius 3 is 1.20 bits per heavy atom. The molecule has 0 saturated carbocycles. The molecule has 0 spiro atoms. The minimum Gasteiger partial charge on any atom is -0.481 e. The second-order valence-electron chi connectivity index (χ2n) is 14.0. The highest BCUT2D eigenvalue weighted by atomic mass is 16.5. The summed E-state index contributed by atoms with van der Waals surface area (Å²) >= 11 is 0. The van der Waals surface area contributed by atoms with Crippen LogP contribution in [0.3, 0.4) is 0 Å². The first kappa shape index (κ1) is 43.9. The highest BCUT2D eigenvalue weighted by molar-refractivity contribution is 6.01. The van der Waals surface area contributed by atoms with Gasteiger partial charge in [-0.2, -0.15) is 0 Å². The number of aliphatic carboxylic acids is 7. The van der Waals surface area contributed by atoms with Gasteiger partial charge in [-0.15, -0.1) is 0 Å². The van der Waals surface area contributed by atoms with Crippen molar-refractivity contribution in [1.29, 1.82) is 0 Å². The number of hydrogen-bond acceptors (Lipinski definition) is 11. The molecule has 0 saturated heterocycles. The van der Waals surface area contributed by atoms with E-state index >= 15 is 0 Å². The number of aromatic nitrogens is 4. The standard InChI is InChI=1S/C40H40N4O16/c45-33(46)5-1-17-21(9-37(53)54)29-14-26-19(3-7-35(49)50)23(11-39(57)58)31(43-26)16-28-20(4-8-36(51)52)24(12-40(59)60)32(44-28)15-27-18(2-6-34(47)48)22(10-38(55)56)30(42-27)13-25(17)41-29/h13-16,37,42,44,53-54H,1-12H2,(H,45,46)(H,47,48)(H,49,50)(H,51,52)(H,55,56)(H,57,58)(H,59,60). The fraction of sp³-hybridized carbons (Fsp3) is 0.325. The van der Waals surface area contributed by atoms with E-state index in [9.17, 15) is 79.5 Å². The lowest BCUT2D eigenvalue weighted by Gasteiger charge is -2.10. The number of aromatic amines is 2. The summed E-state index contributed by atoms with van der Waals surface area (Å²) in [5, 5.41) is 89.1. The van der Waals surface area contributed by atoms with E-state index in [1.54, 1.807) is 0 Å². The van der Waals surface area contributed by atoms with Gasteiger partial charge in [0, 0.05) is 54.2 Å². The van der Waals surface area contributed by atoms with Gasteiger partial charge in [0.25, 0.3) is 0 Å². The molecule has 20 heteroatoms. The Labute approximate surface area is 337 Å². The zero-order valence-electron chi connectivity index (χ0n) is 31.6. The molecule has 3 aromatic heterocycles. The van der Waals surface area contributed by atoms with Crippen molar-refractivity contribution in [2.24, 2.45) is 0 Å². The summed E-state index contributed by atoms with van der Waals surface area (Å²) in [6.07, 6.45) is -7.37. The van der Waals surface area contributed by atoms with Crippen molar-refractivity contribution in [2.45, 2.75) is 83.3 Å². The number of nitrogens with zero attached hydrogens (tertiary/aromatic N) is 2. The number of carboxylic acids is 7. The largest absolute Gasteiger partial charge is 0.481 e. The van der Waals surface area contributed by atoms with Gasteiger partial charge >= 0.3 is 41.8 Å². The molecule has 0 unspecified atom stereocenters. The number of carbonyl (C=O) groups is 7. The summed E-state index contributed by atoms with van der Waals surface area (Å²) in [7, 11) is 0. The first-order chi connectivity index (χ1) is 28.3. The average Bonchev–Trinajstić information content (AvgIpc) is 3.81. The topological polar surface area (TPSA) is 359 Å². The molecule has 2 aliphatic heterocycles. The number of aliphatic hydroxyl groups is 2. The summed E-state index contributed by atoms with van der Waals surface area (Å²) in [6, 6.07) is 5.49. The van der Waals surface area contributed by atoms with Gasteiger partial charge in [0.05, 0.1) is 42.0 Å². The van der Waals surface area contributed by atoms with Crippen molar-refractivity contribution in [3.8, 4) is 0 Å². The lowest BCUT2D eigenvalue weighted by molar-refractivity contribution is -0.138. The maximum Gasteiger partial charge on any atom is 0.307 e. The molecule has 20 nitrogen and oxygen atoms in total. The van der Waals surface area contributed by atoms with Crippen LogP contribution in [0, 0.1) is 0 Å². The Morgan fingerprint density at radius 2 is 0.767 bits per heavy atom. The van der Waals surface area contributed by atoms with Crippen LogP contribution >= 0.6 is 0 Å². The second kappa shape index (κ2) is 18.6. The summed E-state index contributed by atoms with van der Waals surface area (Å²) < 4.78 is 0. The van der Waals surface area contributed by atoms with Crippen LogP contribution in [0.25, 0.3) is 44.4 Å². The molecule has 316 valence electrons. The van der Waals surface area contributed by atoms with Crippen molar-refractivity contribution < 1.29 is 79.5 Å². The van der Waals surface area contributed by atoms with E-state index in [4.69, 9.17) is 4.98 Å². The molecule has 5 rings (SSSR count). The van der Waals surface area contributed by atoms with Crippen molar-refractivity contribution in [3.63, 3.8) is 0 Å². The van der Waals surface area contributed by atoms with Crippen LogP contribution in [0.5, 0.6) is 0 Å². The van der Waals surface area contributed by atoms with Gasteiger partial charge in [-0.3, -0.25) is 33.6 Å². The Kier molecular flexibility index (Phi) is 13.6. The van der Waals surface area contributed by atoms with E-state index < -0.39 is 99.4 Å². The fourth-order valence-corrected chi connectivity index (χ4v) is 7.43. The Hall–Kier alpha value is -7.19. The number of H-pyrrole nitrogens is 2. The molecular formula is C40H40N4O16. The number of nitrogens with one attached hydrogen (secondary N) is 2. The molecule has 2 aliphatic rings. The average molecular weight is 833 g/mol. The van der Waals surface area contributed by atoms with E-state index in [2.05, 4.69) is 15.0 Å². The predicted molar refractivity (Wildman–Crippen MR) is 208 cm³/mol. The summed E-state index contributed by atoms with van der Waals surface area (Å²) in [5.74, 6) is -8.89. The number of carboxylic acid groups (broad SMARTS) is 7. The number of aliphatic hydroxyl groups excluding tert-OH is 1. The van der Waals surface area contributed by atoms with Crippen LogP contribution in [0.15, 0.2) is 24.3 Å². The predicted octanol–water partition coefficient (Wildman–Crippen LogP) is 3.33. The van der Waals surface area contributed by atoms with Crippen molar-refractivity contribution in [3.05, 3.63) is 69.3 Å². The Balaban J connectivity index is 2.09. The highest BCUT2D eigenvalue weighted by Gasteiger charge is 2.28. The normalized spacial score (nSPS) is 12.6. The Bertz CT molecular complexity index is 2540. The molecule has 8 bridgehead atoms. The fourth-order valence-electron chi connectivity index (χ4n) is 7.43. The van der Waals surface area contributed by atoms with Gasteiger partial charge in [0.15, 0.2) is 6.29 Å². The highest BCUT2D eigenvalue weighted by Crippen LogP contribution is 2.41. The number of hydrogen-bond donors (Lipinski definition) is 11. The van der Waals surface area contributed by atoms with Gasteiger partial charge in [-0.1, -0.05) is 0 Å². The third-order valence-corrected chi connectivity index (χ3v) is 9.87. The quantitative estimate of drug-likeness (QED) is 0.0727. The zero-order chi connectivity index (χ0) is 44.0. The van der Waals surface area contributed by atoms with Crippen molar-refractivity contribution in [1.82, 2.24) is 19.9 Å². The maximum atomic E-state index is 12.3. The van der Waals surface area contributed by atoms with Gasteiger partial charge < -0.3 is 55.9 Å². The van der Waals surface area contributed by atoms with Gasteiger partial charge in [0.1, 0.15) is 0 Å². The number of allylic oxidation sites excluding steroid dienone is 2. The Morgan fingerprint density at radius 1 is 0.417 bits per heavy atom. The van der Waals surface area contributed by atoms with Crippen LogP contribution in [0.1, 0.15) is 96.4 Å². The van der Waals surface area contributed by atoms with E-state index in [1.807, 2.05) is 0 Å². The summed E-state index contributed by atoms with van der Waals surface area (Å²) in [4.78, 5) is 99.8. The van der Waals surface area contributed by atoms with E-state index in [1.165, 1.54) is 24.3 Å². The SMILES string of the molecule is O=C(O)CCC1=C(CC(=O)O)c2cc3[nH]c(cc4[nH]c(cc5nc(cc1n2)C(CC(O)O)=C5CCC(=O)O)c(CC(=O)O)c4CCC(=O)O)c(CC(=O)O)c3CCC(=O)O. The second-order valence-corrected chi connectivity index (χ2v) is 14.0. The monoisotopic (exact) mass is 832 g/mol. The first-order valence-corrected chi connectivity index (χ1v) is 18.4. The summed E-state index contributed by atoms with van der Waals surface area (Å²) in [5.41, 5.74) is 1.55. The van der Waals surface area contributed by atoms with Gasteiger partial charge in [0.2, 0.25) is 0 Å². The number of rotatable bonds is 20. The van der Waals surface area contributed by atoms with Crippen LogP contribution in [0.4, 0.5) is 0 Å². The maximum absolute atomic E-state index is 12.3. The lowest BCUT2D eigenvalue weighted by atomic mass is 9.95. The third-order valence-electron chi connectivity index (χ3n) is 9.87. The zero-order valence-corrected chi connectivity index (χ0v) is 31.6. The van der Waals surface area contributed by atoms with E-state index in [-0.39, 0.29) is 115 Å². The number of fused-ring (bicyclic) bond motifs is 8. The molecular weight excluding hydrogens is 792 g/mol. The van der Waals surface area contributed by atoms with Gasteiger partial charge in [-0.05, 0) is 94.5 Å². The minimum absolute atomic E-state index is 0.00149. The molecule has 11 N–H and O–H groups in total. The molecule has 0 radical (unpaired) electrons. The third kappa shape index (κ3) is 10.6. The minimum atomic E-state index is -2.00. The lowest BCUT2D eigenvalue weighted by Crippen LogP contribution is -2.06. The first-order valence-electron chi connectivity index (χ1n) is 18.4. The smallest absolute Gasteiger partial charge is 0.307 e. The summed E-state index contributed by atoms with van der Waals surface area (Å²) in [6.45, 7) is 0. The molecule has 0 aliphatic carbocycles. The van der Waals surface area contributed by atoms with Crippen LogP contribution in [0.2, 0.25) is 0 Å². The molecule has 0 atom stereocenters. The van der Waals surface area contributed by atoms with Crippen molar-refractivity contribution in [2.75, 3.05) is 0 Å². The molecule has 0 fully saturated rings. The van der Waals surface area contributed by atoms with Crippen molar-refractivity contribution >= 4 is 86.1 Å².